The Hall–Kier alpha value is -0.573. The first-order valence-corrected chi connectivity index (χ1v) is 16.0. The second-order valence-corrected chi connectivity index (χ2v) is 14.5. The Morgan fingerprint density at radius 1 is 1.16 bits per heavy atom. The van der Waals surface area contributed by atoms with E-state index in [4.69, 9.17) is 23.4 Å². The molecule has 7 heteroatoms. The molecule has 0 aromatic rings. The lowest BCUT2D eigenvalue weighted by atomic mass is 9.86. The van der Waals surface area contributed by atoms with Crippen LogP contribution < -0.4 is 0 Å². The minimum Gasteiger partial charge on any atom is -0.414 e. The maximum absolute atomic E-state index is 11.2. The van der Waals surface area contributed by atoms with Crippen molar-refractivity contribution < 1.29 is 28.2 Å². The van der Waals surface area contributed by atoms with E-state index in [9.17, 15) is 4.79 Å². The summed E-state index contributed by atoms with van der Waals surface area (Å²) in [6.45, 7) is 9.60. The van der Waals surface area contributed by atoms with Crippen molar-refractivity contribution in [2.45, 2.75) is 122 Å². The SMILES string of the molecule is CCCCCC(C=C[C@@H]1O[C@@H](OC)C[C@@H](O[Si](C)(C)C)[C@H]1CCC=O)OC1CCCCO1. The largest absolute Gasteiger partial charge is 0.414 e. The number of aldehydes is 1. The summed E-state index contributed by atoms with van der Waals surface area (Å²) in [6, 6.07) is 0. The van der Waals surface area contributed by atoms with Gasteiger partial charge in [-0.05, 0) is 51.7 Å². The Morgan fingerprint density at radius 3 is 2.59 bits per heavy atom. The molecule has 32 heavy (non-hydrogen) atoms. The first-order chi connectivity index (χ1) is 15.4. The minimum atomic E-state index is -1.76. The first kappa shape index (κ1) is 27.7. The zero-order valence-corrected chi connectivity index (χ0v) is 21.9. The third-order valence-electron chi connectivity index (χ3n) is 6.09. The van der Waals surface area contributed by atoms with Crippen molar-refractivity contribution in [3.63, 3.8) is 0 Å². The van der Waals surface area contributed by atoms with Gasteiger partial charge in [-0.2, -0.15) is 0 Å². The van der Waals surface area contributed by atoms with Crippen LogP contribution in [-0.2, 0) is 28.2 Å². The molecule has 0 radical (unpaired) electrons. The van der Waals surface area contributed by atoms with Crippen molar-refractivity contribution in [3.05, 3.63) is 12.2 Å². The van der Waals surface area contributed by atoms with Crippen LogP contribution in [0.5, 0.6) is 0 Å². The van der Waals surface area contributed by atoms with E-state index in [1.165, 1.54) is 12.8 Å². The Kier molecular flexibility index (Phi) is 12.7. The number of ether oxygens (including phenoxy) is 4. The zero-order chi connectivity index (χ0) is 23.4. The molecule has 0 aliphatic carbocycles. The molecule has 0 aromatic heterocycles. The molecule has 0 bridgehead atoms. The molecular formula is C25H46O6Si. The molecule has 0 N–H and O–H groups in total. The summed E-state index contributed by atoms with van der Waals surface area (Å²) in [6.07, 6.45) is 14.3. The van der Waals surface area contributed by atoms with Gasteiger partial charge in [0.15, 0.2) is 20.9 Å². The van der Waals surface area contributed by atoms with E-state index in [2.05, 4.69) is 38.7 Å². The summed E-state index contributed by atoms with van der Waals surface area (Å²) in [5.41, 5.74) is 0. The third-order valence-corrected chi connectivity index (χ3v) is 7.10. The fraction of sp³-hybridized carbons (Fsp3) is 0.880. The highest BCUT2D eigenvalue weighted by atomic mass is 28.4. The molecule has 0 amide bonds. The molecule has 2 unspecified atom stereocenters. The number of unbranched alkanes of at least 4 members (excludes halogenated alkanes) is 2. The van der Waals surface area contributed by atoms with E-state index in [-0.39, 0.29) is 36.8 Å². The smallest absolute Gasteiger partial charge is 0.184 e. The van der Waals surface area contributed by atoms with E-state index in [0.29, 0.717) is 12.8 Å². The van der Waals surface area contributed by atoms with Crippen LogP contribution in [0, 0.1) is 5.92 Å². The summed E-state index contributed by atoms with van der Waals surface area (Å²) < 4.78 is 30.6. The average Bonchev–Trinajstić information content (AvgIpc) is 2.76. The number of rotatable bonds is 14. The van der Waals surface area contributed by atoms with Crippen molar-refractivity contribution in [3.8, 4) is 0 Å². The average molecular weight is 471 g/mol. The lowest BCUT2D eigenvalue weighted by molar-refractivity contribution is -0.211. The molecule has 2 fully saturated rings. The fourth-order valence-corrected chi connectivity index (χ4v) is 5.68. The summed E-state index contributed by atoms with van der Waals surface area (Å²) in [4.78, 5) is 11.2. The van der Waals surface area contributed by atoms with Crippen LogP contribution >= 0.6 is 0 Å². The molecule has 0 spiro atoms. The van der Waals surface area contributed by atoms with Crippen molar-refractivity contribution >= 4 is 14.6 Å². The van der Waals surface area contributed by atoms with Crippen LogP contribution in [0.4, 0.5) is 0 Å². The van der Waals surface area contributed by atoms with Crippen LogP contribution in [-0.4, -0.2) is 59.2 Å². The van der Waals surface area contributed by atoms with Crippen LogP contribution in [0.3, 0.4) is 0 Å². The molecule has 2 heterocycles. The van der Waals surface area contributed by atoms with Crippen LogP contribution in [0.1, 0.15) is 71.1 Å². The van der Waals surface area contributed by atoms with Crippen LogP contribution in [0.25, 0.3) is 0 Å². The van der Waals surface area contributed by atoms with Gasteiger partial charge in [0.2, 0.25) is 0 Å². The summed E-state index contributed by atoms with van der Waals surface area (Å²) in [5, 5.41) is 0. The van der Waals surface area contributed by atoms with E-state index < -0.39 is 8.32 Å². The van der Waals surface area contributed by atoms with Gasteiger partial charge in [-0.1, -0.05) is 38.3 Å². The lowest BCUT2D eigenvalue weighted by Crippen LogP contribution is -2.48. The van der Waals surface area contributed by atoms with E-state index in [0.717, 1.165) is 51.4 Å². The minimum absolute atomic E-state index is 0.000693. The van der Waals surface area contributed by atoms with Crippen molar-refractivity contribution in [1.29, 1.82) is 0 Å². The summed E-state index contributed by atoms with van der Waals surface area (Å²) in [7, 11) is -0.0781. The molecule has 186 valence electrons. The van der Waals surface area contributed by atoms with Crippen molar-refractivity contribution in [2.24, 2.45) is 5.92 Å². The summed E-state index contributed by atoms with van der Waals surface area (Å²) >= 11 is 0. The molecule has 2 aliphatic rings. The van der Waals surface area contributed by atoms with Gasteiger partial charge in [0.25, 0.3) is 0 Å². The van der Waals surface area contributed by atoms with Crippen molar-refractivity contribution in [2.75, 3.05) is 13.7 Å². The van der Waals surface area contributed by atoms with Crippen molar-refractivity contribution in [1.82, 2.24) is 0 Å². The van der Waals surface area contributed by atoms with Gasteiger partial charge >= 0.3 is 0 Å². The van der Waals surface area contributed by atoms with Gasteiger partial charge in [0, 0.05) is 32.5 Å². The van der Waals surface area contributed by atoms with Crippen LogP contribution in [0.15, 0.2) is 12.2 Å². The Bertz CT molecular complexity index is 543. The number of hydrogen-bond acceptors (Lipinski definition) is 6. The zero-order valence-electron chi connectivity index (χ0n) is 20.9. The van der Waals surface area contributed by atoms with Gasteiger partial charge in [-0.3, -0.25) is 0 Å². The third kappa shape index (κ3) is 10.1. The first-order valence-electron chi connectivity index (χ1n) is 12.6. The molecule has 6 atom stereocenters. The number of hydrogen-bond donors (Lipinski definition) is 0. The molecule has 2 rings (SSSR count). The lowest BCUT2D eigenvalue weighted by Gasteiger charge is -2.42. The van der Waals surface area contributed by atoms with Gasteiger partial charge in [0.1, 0.15) is 6.29 Å². The Balaban J connectivity index is 2.14. The number of carbonyl (C=O) groups excluding carboxylic acids is 1. The molecule has 6 nitrogen and oxygen atoms in total. The second-order valence-electron chi connectivity index (χ2n) is 10.0. The molecule has 0 saturated carbocycles. The van der Waals surface area contributed by atoms with E-state index in [1.807, 2.05) is 0 Å². The summed E-state index contributed by atoms with van der Waals surface area (Å²) in [5.74, 6) is 0.122. The maximum Gasteiger partial charge on any atom is 0.184 e. The van der Waals surface area contributed by atoms with E-state index >= 15 is 0 Å². The van der Waals surface area contributed by atoms with Gasteiger partial charge in [-0.15, -0.1) is 0 Å². The normalized spacial score (nSPS) is 30.5. The molecule has 2 aliphatic heterocycles. The van der Waals surface area contributed by atoms with Gasteiger partial charge in [0.05, 0.1) is 18.3 Å². The Labute approximate surface area is 196 Å². The molecular weight excluding hydrogens is 424 g/mol. The maximum atomic E-state index is 11.2. The molecule has 2 saturated heterocycles. The highest BCUT2D eigenvalue weighted by molar-refractivity contribution is 6.69. The monoisotopic (exact) mass is 470 g/mol. The topological polar surface area (TPSA) is 63.2 Å². The number of carbonyl (C=O) groups is 1. The highest BCUT2D eigenvalue weighted by Gasteiger charge is 2.40. The number of methoxy groups -OCH3 is 1. The van der Waals surface area contributed by atoms with E-state index in [1.54, 1.807) is 7.11 Å². The predicted octanol–water partition coefficient (Wildman–Crippen LogP) is 5.61. The Morgan fingerprint density at radius 2 is 1.97 bits per heavy atom. The second kappa shape index (κ2) is 14.6. The fourth-order valence-electron chi connectivity index (χ4n) is 4.50. The highest BCUT2D eigenvalue weighted by Crippen LogP contribution is 2.34. The molecule has 0 aromatic carbocycles. The predicted molar refractivity (Wildman–Crippen MR) is 129 cm³/mol. The van der Waals surface area contributed by atoms with Gasteiger partial charge < -0.3 is 28.2 Å². The quantitative estimate of drug-likeness (QED) is 0.142. The van der Waals surface area contributed by atoms with Gasteiger partial charge in [-0.25, -0.2) is 0 Å². The standard InChI is InChI=1S/C25H46O6Si/c1-6-7-8-12-20(29-24-14-9-10-18-28-24)15-16-22-21(13-11-17-26)23(31-32(3,4)5)19-25(27-2)30-22/h15-17,20-25H,6-14,18-19H2,1-5H3/t20?,21-,22-,23+,24?,25+/m0/s1. The van der Waals surface area contributed by atoms with Crippen LogP contribution in [0.2, 0.25) is 19.6 Å².